The topological polar surface area (TPSA) is 84.4 Å². The number of esters is 1. The summed E-state index contributed by atoms with van der Waals surface area (Å²) in [4.78, 5) is 35.0. The van der Waals surface area contributed by atoms with Crippen LogP contribution in [0, 0.1) is 13.8 Å². The molecule has 1 N–H and O–H groups in total. The number of aromatic nitrogens is 2. The van der Waals surface area contributed by atoms with Crippen LogP contribution in [0.4, 0.5) is 11.6 Å². The minimum Gasteiger partial charge on any atom is -0.454 e. The molecule has 1 fully saturated rings. The molecule has 2 aromatic rings. The Balaban J connectivity index is 1.57. The van der Waals surface area contributed by atoms with Crippen molar-refractivity contribution in [2.45, 2.75) is 39.2 Å². The molecule has 1 aliphatic heterocycles. The fourth-order valence-corrected chi connectivity index (χ4v) is 3.10. The van der Waals surface area contributed by atoms with E-state index in [2.05, 4.69) is 15.3 Å². The average molecular weight is 368 g/mol. The summed E-state index contributed by atoms with van der Waals surface area (Å²) in [5.74, 6) is -0.263. The van der Waals surface area contributed by atoms with Gasteiger partial charge in [0.25, 0.3) is 5.91 Å². The van der Waals surface area contributed by atoms with Crippen molar-refractivity contribution in [3.05, 3.63) is 47.8 Å². The molecule has 0 radical (unpaired) electrons. The van der Waals surface area contributed by atoms with Gasteiger partial charge in [0.15, 0.2) is 6.61 Å². The number of aryl methyl sites for hydroxylation is 2. The van der Waals surface area contributed by atoms with Crippen molar-refractivity contribution in [1.29, 1.82) is 0 Å². The number of ether oxygens (including phenoxy) is 1. The number of benzene rings is 1. The first-order chi connectivity index (χ1) is 13.0. The summed E-state index contributed by atoms with van der Waals surface area (Å²) >= 11 is 0. The second-order valence-electron chi connectivity index (χ2n) is 6.71. The van der Waals surface area contributed by atoms with Crippen molar-refractivity contribution in [2.24, 2.45) is 0 Å². The van der Waals surface area contributed by atoms with E-state index in [0.717, 1.165) is 24.0 Å². The van der Waals surface area contributed by atoms with E-state index in [4.69, 9.17) is 4.74 Å². The number of hydrogen-bond acceptors (Lipinski definition) is 6. The number of hydrogen-bond donors (Lipinski definition) is 1. The third-order valence-corrected chi connectivity index (χ3v) is 4.72. The predicted molar refractivity (Wildman–Crippen MR) is 103 cm³/mol. The largest absolute Gasteiger partial charge is 0.454 e. The summed E-state index contributed by atoms with van der Waals surface area (Å²) in [5.41, 5.74) is 2.93. The molecule has 0 bridgehead atoms. The number of amides is 1. The first-order valence-electron chi connectivity index (χ1n) is 9.12. The summed E-state index contributed by atoms with van der Waals surface area (Å²) in [6, 6.07) is 6.94. The van der Waals surface area contributed by atoms with E-state index >= 15 is 0 Å². The summed E-state index contributed by atoms with van der Waals surface area (Å²) in [6.45, 7) is 4.37. The molecule has 0 saturated carbocycles. The van der Waals surface area contributed by atoms with Crippen LogP contribution in [0.1, 0.15) is 30.4 Å². The van der Waals surface area contributed by atoms with E-state index in [0.29, 0.717) is 24.6 Å². The molecule has 1 aromatic heterocycles. The number of nitrogens with one attached hydrogen (secondary N) is 1. The fourth-order valence-electron chi connectivity index (χ4n) is 3.10. The Kier molecular flexibility index (Phi) is 6.01. The second kappa shape index (κ2) is 8.62. The van der Waals surface area contributed by atoms with Gasteiger partial charge in [-0.3, -0.25) is 4.79 Å². The first kappa shape index (κ1) is 18.8. The molecule has 7 heteroatoms. The van der Waals surface area contributed by atoms with Crippen LogP contribution in [0.25, 0.3) is 0 Å². The molecule has 27 heavy (non-hydrogen) atoms. The third kappa shape index (κ3) is 4.81. The van der Waals surface area contributed by atoms with Crippen molar-refractivity contribution >= 4 is 23.5 Å². The zero-order valence-corrected chi connectivity index (χ0v) is 15.6. The lowest BCUT2D eigenvalue weighted by atomic mass is 10.0. The van der Waals surface area contributed by atoms with Crippen molar-refractivity contribution < 1.29 is 14.3 Å². The third-order valence-electron chi connectivity index (χ3n) is 4.72. The molecule has 1 amide bonds. The van der Waals surface area contributed by atoms with Gasteiger partial charge in [-0.2, -0.15) is 0 Å². The maximum atomic E-state index is 12.5. The van der Waals surface area contributed by atoms with Crippen LogP contribution in [0.5, 0.6) is 0 Å². The lowest BCUT2D eigenvalue weighted by Gasteiger charge is -2.33. The molecule has 0 spiro atoms. The summed E-state index contributed by atoms with van der Waals surface area (Å²) < 4.78 is 5.27. The van der Waals surface area contributed by atoms with Crippen LogP contribution >= 0.6 is 0 Å². The van der Waals surface area contributed by atoms with E-state index < -0.39 is 12.0 Å². The quantitative estimate of drug-likeness (QED) is 0.817. The standard InChI is InChI=1S/C20H24N4O3/c1-14-7-8-16(12-15(14)2)23-18(25)13-27-19(26)17-6-3-4-11-24(17)20-21-9-5-10-22-20/h5,7-10,12,17H,3-4,6,11,13H2,1-2H3,(H,23,25). The maximum Gasteiger partial charge on any atom is 0.329 e. The van der Waals surface area contributed by atoms with E-state index in [1.165, 1.54) is 0 Å². The number of nitrogens with zero attached hydrogens (tertiary/aromatic N) is 3. The first-order valence-corrected chi connectivity index (χ1v) is 9.12. The van der Waals surface area contributed by atoms with Crippen LogP contribution in [0.3, 0.4) is 0 Å². The van der Waals surface area contributed by atoms with Crippen LogP contribution in [0.2, 0.25) is 0 Å². The summed E-state index contributed by atoms with van der Waals surface area (Å²) in [5, 5.41) is 2.76. The van der Waals surface area contributed by atoms with Crippen molar-refractivity contribution in [1.82, 2.24) is 9.97 Å². The molecule has 142 valence electrons. The Bertz CT molecular complexity index is 810. The number of anilines is 2. The molecular weight excluding hydrogens is 344 g/mol. The zero-order chi connectivity index (χ0) is 19.2. The Labute approximate surface area is 158 Å². The van der Waals surface area contributed by atoms with Gasteiger partial charge in [-0.1, -0.05) is 6.07 Å². The number of carbonyl (C=O) groups is 2. The van der Waals surface area contributed by atoms with Gasteiger partial charge in [0.05, 0.1) is 0 Å². The number of rotatable bonds is 5. The molecule has 1 atom stereocenters. The summed E-state index contributed by atoms with van der Waals surface area (Å²) in [6.07, 6.45) is 5.86. The van der Waals surface area contributed by atoms with E-state index in [1.54, 1.807) is 18.5 Å². The molecular formula is C20H24N4O3. The highest BCUT2D eigenvalue weighted by Crippen LogP contribution is 2.22. The molecule has 1 aromatic carbocycles. The Morgan fingerprint density at radius 3 is 2.70 bits per heavy atom. The van der Waals surface area contributed by atoms with Crippen molar-refractivity contribution in [3.63, 3.8) is 0 Å². The van der Waals surface area contributed by atoms with Gasteiger partial charge in [0.2, 0.25) is 5.95 Å². The van der Waals surface area contributed by atoms with Gasteiger partial charge in [0.1, 0.15) is 6.04 Å². The average Bonchev–Trinajstić information content (AvgIpc) is 2.69. The van der Waals surface area contributed by atoms with Gasteiger partial charge in [-0.25, -0.2) is 14.8 Å². The smallest absolute Gasteiger partial charge is 0.329 e. The Morgan fingerprint density at radius 1 is 1.19 bits per heavy atom. The molecule has 3 rings (SSSR count). The SMILES string of the molecule is Cc1ccc(NC(=O)COC(=O)C2CCCCN2c2ncccn2)cc1C. The van der Waals surface area contributed by atoms with E-state index in [-0.39, 0.29) is 12.5 Å². The van der Waals surface area contributed by atoms with E-state index in [9.17, 15) is 9.59 Å². The monoisotopic (exact) mass is 368 g/mol. The molecule has 7 nitrogen and oxygen atoms in total. The predicted octanol–water partition coefficient (Wildman–Crippen LogP) is 2.63. The summed E-state index contributed by atoms with van der Waals surface area (Å²) in [7, 11) is 0. The van der Waals surface area contributed by atoms with Crippen LogP contribution in [0.15, 0.2) is 36.7 Å². The Morgan fingerprint density at radius 2 is 1.96 bits per heavy atom. The molecule has 2 heterocycles. The lowest BCUT2D eigenvalue weighted by Crippen LogP contribution is -2.47. The minimum atomic E-state index is -0.462. The van der Waals surface area contributed by atoms with Crippen LogP contribution in [-0.2, 0) is 14.3 Å². The van der Waals surface area contributed by atoms with Gasteiger partial charge in [-0.05, 0) is 62.4 Å². The molecule has 1 aliphatic rings. The molecule has 1 saturated heterocycles. The molecule has 0 aliphatic carbocycles. The van der Waals surface area contributed by atoms with Crippen LogP contribution in [-0.4, -0.2) is 41.0 Å². The van der Waals surface area contributed by atoms with Crippen molar-refractivity contribution in [3.8, 4) is 0 Å². The van der Waals surface area contributed by atoms with Gasteiger partial charge < -0.3 is 15.0 Å². The minimum absolute atomic E-state index is 0.314. The van der Waals surface area contributed by atoms with Gasteiger partial charge in [0, 0.05) is 24.6 Å². The lowest BCUT2D eigenvalue weighted by molar-refractivity contribution is -0.149. The Hall–Kier alpha value is -2.96. The number of carbonyl (C=O) groups excluding carboxylic acids is 2. The van der Waals surface area contributed by atoms with Gasteiger partial charge in [-0.15, -0.1) is 0 Å². The highest BCUT2D eigenvalue weighted by atomic mass is 16.5. The fraction of sp³-hybridized carbons (Fsp3) is 0.400. The van der Waals surface area contributed by atoms with E-state index in [1.807, 2.05) is 36.9 Å². The normalized spacial score (nSPS) is 16.7. The zero-order valence-electron chi connectivity index (χ0n) is 15.6. The maximum absolute atomic E-state index is 12.5. The second-order valence-corrected chi connectivity index (χ2v) is 6.71. The molecule has 1 unspecified atom stereocenters. The number of piperidine rings is 1. The highest BCUT2D eigenvalue weighted by Gasteiger charge is 2.31. The van der Waals surface area contributed by atoms with Crippen LogP contribution < -0.4 is 10.2 Å². The van der Waals surface area contributed by atoms with Gasteiger partial charge >= 0.3 is 5.97 Å². The highest BCUT2D eigenvalue weighted by molar-refractivity contribution is 5.93. The van der Waals surface area contributed by atoms with Crippen molar-refractivity contribution in [2.75, 3.05) is 23.4 Å².